The van der Waals surface area contributed by atoms with Crippen LogP contribution in [-0.2, 0) is 10.0 Å². The number of benzene rings is 1. The summed E-state index contributed by atoms with van der Waals surface area (Å²) in [6.07, 6.45) is -4.95. The molecule has 0 aliphatic carbocycles. The van der Waals surface area contributed by atoms with Crippen LogP contribution in [0.15, 0.2) is 21.5 Å². The molecule has 0 bridgehead atoms. The van der Waals surface area contributed by atoms with Gasteiger partial charge in [-0.3, -0.25) is 0 Å². The van der Waals surface area contributed by atoms with Crippen molar-refractivity contribution in [1.29, 1.82) is 0 Å². The fourth-order valence-corrected chi connectivity index (χ4v) is 2.10. The van der Waals surface area contributed by atoms with E-state index in [-0.39, 0.29) is 10.2 Å². The van der Waals surface area contributed by atoms with Gasteiger partial charge in [-0.05, 0) is 22.0 Å². The smallest absolute Gasteiger partial charge is 0.405 e. The van der Waals surface area contributed by atoms with Crippen LogP contribution < -0.4 is 15.6 Å². The molecule has 1 aromatic rings. The highest BCUT2D eigenvalue weighted by molar-refractivity contribution is 9.10. The molecule has 5 nitrogen and oxygen atoms in total. The monoisotopic (exact) mass is 334 g/mol. The summed E-state index contributed by atoms with van der Waals surface area (Å²) in [6, 6.07) is 1.56. The Kier molecular flexibility index (Phi) is 3.60. The van der Waals surface area contributed by atoms with Crippen molar-refractivity contribution in [3.8, 4) is 5.75 Å². The molecule has 0 aliphatic heterocycles. The Morgan fingerprint density at radius 3 is 2.24 bits per heavy atom. The molecular weight excluding hydrogens is 329 g/mol. The Morgan fingerprint density at radius 2 is 1.82 bits per heavy atom. The van der Waals surface area contributed by atoms with Gasteiger partial charge in [-0.15, -0.1) is 13.2 Å². The van der Waals surface area contributed by atoms with Gasteiger partial charge < -0.3 is 10.5 Å². The van der Waals surface area contributed by atoms with Crippen LogP contribution in [0.1, 0.15) is 0 Å². The highest BCUT2D eigenvalue weighted by Crippen LogP contribution is 2.35. The highest BCUT2D eigenvalue weighted by atomic mass is 79.9. The van der Waals surface area contributed by atoms with E-state index in [4.69, 9.17) is 10.9 Å². The molecule has 0 aromatic heterocycles. The topological polar surface area (TPSA) is 95.4 Å². The third-order valence-electron chi connectivity index (χ3n) is 1.60. The lowest BCUT2D eigenvalue weighted by atomic mass is 10.3. The molecule has 1 aromatic carbocycles. The number of nitrogen functional groups attached to an aromatic ring is 1. The second-order valence-corrected chi connectivity index (χ2v) is 5.30. The van der Waals surface area contributed by atoms with Crippen molar-refractivity contribution < 1.29 is 26.3 Å². The standard InChI is InChI=1S/C7H6BrF3N2O3S/c8-3-1-4(12)6(17(13,14)15)2-5(3)16-7(9,10)11/h1-2H,12H2,(H2,13,14,15). The maximum absolute atomic E-state index is 12.0. The molecule has 10 heteroatoms. The van der Waals surface area contributed by atoms with E-state index in [0.29, 0.717) is 6.07 Å². The second kappa shape index (κ2) is 4.35. The van der Waals surface area contributed by atoms with E-state index in [1.54, 1.807) is 0 Å². The van der Waals surface area contributed by atoms with Gasteiger partial charge in [-0.25, -0.2) is 13.6 Å². The van der Waals surface area contributed by atoms with Gasteiger partial charge in [0.15, 0.2) is 0 Å². The summed E-state index contributed by atoms with van der Waals surface area (Å²) in [6.45, 7) is 0. The molecule has 0 unspecified atom stereocenters. The van der Waals surface area contributed by atoms with Gasteiger partial charge in [0.2, 0.25) is 10.0 Å². The lowest BCUT2D eigenvalue weighted by Gasteiger charge is -2.12. The number of alkyl halides is 3. The van der Waals surface area contributed by atoms with Gasteiger partial charge in [-0.2, -0.15) is 0 Å². The summed E-state index contributed by atoms with van der Waals surface area (Å²) in [5.74, 6) is -0.740. The zero-order valence-electron chi connectivity index (χ0n) is 7.95. The van der Waals surface area contributed by atoms with Crippen LogP contribution in [0.2, 0.25) is 0 Å². The number of hydrogen-bond donors (Lipinski definition) is 2. The number of halogens is 4. The van der Waals surface area contributed by atoms with Crippen molar-refractivity contribution in [3.63, 3.8) is 0 Å². The van der Waals surface area contributed by atoms with Crippen molar-refractivity contribution in [1.82, 2.24) is 0 Å². The molecule has 1 rings (SSSR count). The van der Waals surface area contributed by atoms with E-state index in [1.165, 1.54) is 0 Å². The van der Waals surface area contributed by atoms with Crippen molar-refractivity contribution in [2.75, 3.05) is 5.73 Å². The molecule has 4 N–H and O–H groups in total. The maximum Gasteiger partial charge on any atom is 0.573 e. The van der Waals surface area contributed by atoms with Crippen LogP contribution >= 0.6 is 15.9 Å². The molecule has 0 radical (unpaired) electrons. The summed E-state index contributed by atoms with van der Waals surface area (Å²) in [4.78, 5) is -0.639. The molecule has 0 fully saturated rings. The van der Waals surface area contributed by atoms with Crippen LogP contribution in [0, 0.1) is 0 Å². The molecule has 0 heterocycles. The van der Waals surface area contributed by atoms with Gasteiger partial charge in [0.25, 0.3) is 0 Å². The largest absolute Gasteiger partial charge is 0.573 e. The number of anilines is 1. The van der Waals surface area contributed by atoms with E-state index in [1.807, 2.05) is 0 Å². The van der Waals surface area contributed by atoms with Crippen LogP contribution in [-0.4, -0.2) is 14.8 Å². The van der Waals surface area contributed by atoms with E-state index < -0.39 is 27.0 Å². The zero-order valence-corrected chi connectivity index (χ0v) is 10.4. The fourth-order valence-electron chi connectivity index (χ4n) is 0.999. The Balaban J connectivity index is 3.35. The quantitative estimate of drug-likeness (QED) is 0.802. The summed E-state index contributed by atoms with van der Waals surface area (Å²) < 4.78 is 61.5. The predicted octanol–water partition coefficient (Wildman–Crippen LogP) is 1.58. The third kappa shape index (κ3) is 3.75. The average Bonchev–Trinajstić information content (AvgIpc) is 2.05. The molecule has 96 valence electrons. The van der Waals surface area contributed by atoms with Crippen molar-refractivity contribution in [3.05, 3.63) is 16.6 Å². The van der Waals surface area contributed by atoms with Crippen molar-refractivity contribution in [2.45, 2.75) is 11.3 Å². The van der Waals surface area contributed by atoms with Gasteiger partial charge in [0.1, 0.15) is 10.6 Å². The Hall–Kier alpha value is -1.00. The number of rotatable bonds is 2. The Labute approximate surface area is 103 Å². The van der Waals surface area contributed by atoms with Crippen LogP contribution in [0.3, 0.4) is 0 Å². The Bertz CT molecular complexity index is 544. The average molecular weight is 335 g/mol. The summed E-state index contributed by atoms with van der Waals surface area (Å²) in [5.41, 5.74) is 5.03. The lowest BCUT2D eigenvalue weighted by molar-refractivity contribution is -0.275. The van der Waals surface area contributed by atoms with Gasteiger partial charge in [0.05, 0.1) is 10.2 Å². The minimum Gasteiger partial charge on any atom is -0.405 e. The highest BCUT2D eigenvalue weighted by Gasteiger charge is 2.32. The molecule has 0 atom stereocenters. The molecule has 0 saturated carbocycles. The number of hydrogen-bond acceptors (Lipinski definition) is 4. The predicted molar refractivity (Wildman–Crippen MR) is 56.6 cm³/mol. The van der Waals surface area contributed by atoms with Crippen LogP contribution in [0.4, 0.5) is 18.9 Å². The van der Waals surface area contributed by atoms with Crippen LogP contribution in [0.25, 0.3) is 0 Å². The number of nitrogens with two attached hydrogens (primary N) is 2. The molecule has 0 saturated heterocycles. The second-order valence-electron chi connectivity index (χ2n) is 2.91. The first-order valence-corrected chi connectivity index (χ1v) is 6.22. The minimum atomic E-state index is -4.95. The maximum atomic E-state index is 12.0. The SMILES string of the molecule is Nc1cc(Br)c(OC(F)(F)F)cc1S(N)(=O)=O. The van der Waals surface area contributed by atoms with E-state index in [9.17, 15) is 21.6 Å². The van der Waals surface area contributed by atoms with Crippen LogP contribution in [0.5, 0.6) is 5.75 Å². The van der Waals surface area contributed by atoms with Crippen molar-refractivity contribution >= 4 is 31.6 Å². The number of ether oxygens (including phenoxy) is 1. The molecule has 0 amide bonds. The van der Waals surface area contributed by atoms with Crippen molar-refractivity contribution in [2.24, 2.45) is 5.14 Å². The van der Waals surface area contributed by atoms with E-state index >= 15 is 0 Å². The van der Waals surface area contributed by atoms with E-state index in [2.05, 4.69) is 20.7 Å². The lowest BCUT2D eigenvalue weighted by Crippen LogP contribution is -2.19. The van der Waals surface area contributed by atoms with Gasteiger partial charge in [0, 0.05) is 6.07 Å². The number of sulfonamides is 1. The normalized spacial score (nSPS) is 12.5. The first kappa shape index (κ1) is 14.1. The first-order chi connectivity index (χ1) is 7.50. The number of primary sulfonamides is 1. The van der Waals surface area contributed by atoms with Gasteiger partial charge >= 0.3 is 6.36 Å². The first-order valence-electron chi connectivity index (χ1n) is 3.88. The molecule has 17 heavy (non-hydrogen) atoms. The Morgan fingerprint density at radius 1 is 1.29 bits per heavy atom. The third-order valence-corrected chi connectivity index (χ3v) is 3.18. The zero-order chi connectivity index (χ0) is 13.4. The van der Waals surface area contributed by atoms with Gasteiger partial charge in [-0.1, -0.05) is 0 Å². The van der Waals surface area contributed by atoms with E-state index in [0.717, 1.165) is 6.07 Å². The summed E-state index contributed by atoms with van der Waals surface area (Å²) >= 11 is 2.76. The molecule has 0 spiro atoms. The fraction of sp³-hybridized carbons (Fsp3) is 0.143. The molecule has 0 aliphatic rings. The minimum absolute atomic E-state index is 0.139. The molecular formula is C7H6BrF3N2O3S. The summed E-state index contributed by atoms with van der Waals surface area (Å²) in [5, 5.41) is 4.78. The summed E-state index contributed by atoms with van der Waals surface area (Å²) in [7, 11) is -4.22.